The minimum Gasteiger partial charge on any atom is -0.354 e. The molecule has 18 heavy (non-hydrogen) atoms. The van der Waals surface area contributed by atoms with Gasteiger partial charge >= 0.3 is 0 Å². The maximum atomic E-state index is 6.04. The molecule has 0 bridgehead atoms. The van der Waals surface area contributed by atoms with E-state index in [-0.39, 0.29) is 5.28 Å². The Bertz CT molecular complexity index is 560. The zero-order valence-electron chi connectivity index (χ0n) is 9.57. The summed E-state index contributed by atoms with van der Waals surface area (Å²) in [6.07, 6.45) is 1.49. The predicted octanol–water partition coefficient (Wildman–Crippen LogP) is 4.07. The molecular weight excluding hydrogens is 293 g/mol. The fourth-order valence-electron chi connectivity index (χ4n) is 1.59. The molecule has 0 N–H and O–H groups in total. The molecule has 2 rings (SSSR count). The Balaban J connectivity index is 2.21. The third-order valence-electron chi connectivity index (χ3n) is 2.37. The van der Waals surface area contributed by atoms with E-state index >= 15 is 0 Å². The van der Waals surface area contributed by atoms with Crippen molar-refractivity contribution in [2.24, 2.45) is 0 Å². The normalized spacial score (nSPS) is 10.4. The number of aromatic nitrogens is 2. The number of benzene rings is 1. The average molecular weight is 303 g/mol. The van der Waals surface area contributed by atoms with Crippen LogP contribution >= 0.6 is 34.8 Å². The molecule has 3 nitrogen and oxygen atoms in total. The van der Waals surface area contributed by atoms with Gasteiger partial charge in [0.05, 0.1) is 6.20 Å². The fraction of sp³-hybridized carbons (Fsp3) is 0.167. The molecule has 0 amide bonds. The first kappa shape index (κ1) is 13.4. The lowest BCUT2D eigenvalue weighted by Crippen LogP contribution is -2.18. The van der Waals surface area contributed by atoms with E-state index in [0.717, 1.165) is 5.56 Å². The summed E-state index contributed by atoms with van der Waals surface area (Å²) in [4.78, 5) is 9.81. The minimum absolute atomic E-state index is 0.173. The van der Waals surface area contributed by atoms with Gasteiger partial charge in [-0.25, -0.2) is 4.98 Å². The molecule has 1 aromatic carbocycles. The molecule has 1 heterocycles. The second-order valence-electron chi connectivity index (χ2n) is 3.80. The summed E-state index contributed by atoms with van der Waals surface area (Å²) in [6.45, 7) is 0.633. The molecule has 0 spiro atoms. The van der Waals surface area contributed by atoms with Crippen molar-refractivity contribution < 1.29 is 0 Å². The Hall–Kier alpha value is -1.03. The molecule has 0 atom stereocenters. The molecule has 0 unspecified atom stereocenters. The van der Waals surface area contributed by atoms with Gasteiger partial charge in [0.1, 0.15) is 5.02 Å². The summed E-state index contributed by atoms with van der Waals surface area (Å²) >= 11 is 17.7. The van der Waals surface area contributed by atoms with E-state index in [1.807, 2.05) is 36.2 Å². The van der Waals surface area contributed by atoms with E-state index in [9.17, 15) is 0 Å². The number of hydrogen-bond acceptors (Lipinski definition) is 3. The van der Waals surface area contributed by atoms with Crippen molar-refractivity contribution in [1.29, 1.82) is 0 Å². The number of halogens is 3. The van der Waals surface area contributed by atoms with Gasteiger partial charge in [-0.15, -0.1) is 0 Å². The van der Waals surface area contributed by atoms with Crippen molar-refractivity contribution in [3.8, 4) is 0 Å². The number of nitrogens with zero attached hydrogens (tertiary/aromatic N) is 3. The lowest BCUT2D eigenvalue weighted by atomic mass is 10.2. The van der Waals surface area contributed by atoms with E-state index in [1.54, 1.807) is 0 Å². The van der Waals surface area contributed by atoms with Crippen molar-refractivity contribution in [2.75, 3.05) is 11.9 Å². The average Bonchev–Trinajstić information content (AvgIpc) is 2.32. The van der Waals surface area contributed by atoms with Crippen LogP contribution in [0.4, 0.5) is 5.82 Å². The molecule has 2 aromatic rings. The van der Waals surface area contributed by atoms with Gasteiger partial charge in [0.2, 0.25) is 5.28 Å². The summed E-state index contributed by atoms with van der Waals surface area (Å²) in [6, 6.07) is 7.62. The second kappa shape index (κ2) is 5.74. The molecule has 0 aliphatic rings. The summed E-state index contributed by atoms with van der Waals surface area (Å²) in [5, 5.41) is 1.34. The van der Waals surface area contributed by atoms with Gasteiger partial charge in [-0.1, -0.05) is 35.3 Å². The first-order valence-corrected chi connectivity index (χ1v) is 6.33. The monoisotopic (exact) mass is 301 g/mol. The van der Waals surface area contributed by atoms with Crippen LogP contribution < -0.4 is 4.90 Å². The van der Waals surface area contributed by atoms with Crippen molar-refractivity contribution in [1.82, 2.24) is 9.97 Å². The quantitative estimate of drug-likeness (QED) is 0.800. The SMILES string of the molecule is CN(Cc1cccc(Cl)c1)c1nc(Cl)ncc1Cl. The van der Waals surface area contributed by atoms with Crippen LogP contribution in [-0.4, -0.2) is 17.0 Å². The Morgan fingerprint density at radius 3 is 2.72 bits per heavy atom. The summed E-state index contributed by atoms with van der Waals surface area (Å²) < 4.78 is 0. The van der Waals surface area contributed by atoms with E-state index in [0.29, 0.717) is 22.4 Å². The molecule has 0 radical (unpaired) electrons. The highest BCUT2D eigenvalue weighted by Crippen LogP contribution is 2.24. The van der Waals surface area contributed by atoms with Crippen LogP contribution in [0.2, 0.25) is 15.3 Å². The van der Waals surface area contributed by atoms with Crippen molar-refractivity contribution in [3.05, 3.63) is 51.4 Å². The van der Waals surface area contributed by atoms with Crippen LogP contribution in [-0.2, 0) is 6.54 Å². The fourth-order valence-corrected chi connectivity index (χ4v) is 2.17. The lowest BCUT2D eigenvalue weighted by Gasteiger charge is -2.19. The van der Waals surface area contributed by atoms with Gasteiger partial charge in [-0.05, 0) is 29.3 Å². The van der Waals surface area contributed by atoms with Gasteiger partial charge in [-0.3, -0.25) is 0 Å². The van der Waals surface area contributed by atoms with E-state index in [2.05, 4.69) is 9.97 Å². The van der Waals surface area contributed by atoms with Gasteiger partial charge < -0.3 is 4.90 Å². The Morgan fingerprint density at radius 1 is 1.22 bits per heavy atom. The molecular formula is C12H10Cl3N3. The maximum absolute atomic E-state index is 6.04. The standard InChI is InChI=1S/C12H10Cl3N3/c1-18(7-8-3-2-4-9(13)5-8)11-10(14)6-16-12(15)17-11/h2-6H,7H2,1H3. The Morgan fingerprint density at radius 2 is 2.00 bits per heavy atom. The van der Waals surface area contributed by atoms with Gasteiger partial charge in [0, 0.05) is 18.6 Å². The lowest BCUT2D eigenvalue weighted by molar-refractivity contribution is 0.891. The van der Waals surface area contributed by atoms with Crippen LogP contribution in [0.5, 0.6) is 0 Å². The largest absolute Gasteiger partial charge is 0.354 e. The minimum atomic E-state index is 0.173. The smallest absolute Gasteiger partial charge is 0.224 e. The molecule has 1 aromatic heterocycles. The van der Waals surface area contributed by atoms with Crippen molar-refractivity contribution >= 4 is 40.6 Å². The van der Waals surface area contributed by atoms with E-state index < -0.39 is 0 Å². The molecule has 0 fully saturated rings. The van der Waals surface area contributed by atoms with E-state index in [1.165, 1.54) is 6.20 Å². The van der Waals surface area contributed by atoms with Crippen LogP contribution in [0.1, 0.15) is 5.56 Å². The van der Waals surface area contributed by atoms with Crippen LogP contribution in [0, 0.1) is 0 Å². The first-order chi connectivity index (χ1) is 8.56. The molecule has 0 aliphatic carbocycles. The van der Waals surface area contributed by atoms with Crippen LogP contribution in [0.3, 0.4) is 0 Å². The second-order valence-corrected chi connectivity index (χ2v) is 4.98. The van der Waals surface area contributed by atoms with Gasteiger partial charge in [0.25, 0.3) is 0 Å². The number of anilines is 1. The zero-order chi connectivity index (χ0) is 13.1. The third-order valence-corrected chi connectivity index (χ3v) is 3.05. The predicted molar refractivity (Wildman–Crippen MR) is 75.6 cm³/mol. The van der Waals surface area contributed by atoms with Gasteiger partial charge in [-0.2, -0.15) is 4.98 Å². The number of hydrogen-bond donors (Lipinski definition) is 0. The highest BCUT2D eigenvalue weighted by Gasteiger charge is 2.10. The maximum Gasteiger partial charge on any atom is 0.224 e. The highest BCUT2D eigenvalue weighted by molar-refractivity contribution is 6.33. The summed E-state index contributed by atoms with van der Waals surface area (Å²) in [7, 11) is 1.88. The van der Waals surface area contributed by atoms with E-state index in [4.69, 9.17) is 34.8 Å². The highest BCUT2D eigenvalue weighted by atomic mass is 35.5. The van der Waals surface area contributed by atoms with Crippen molar-refractivity contribution in [2.45, 2.75) is 6.54 Å². The first-order valence-electron chi connectivity index (χ1n) is 5.20. The molecule has 94 valence electrons. The topological polar surface area (TPSA) is 29.0 Å². The molecule has 0 saturated heterocycles. The summed E-state index contributed by atoms with van der Waals surface area (Å²) in [5.41, 5.74) is 1.07. The number of rotatable bonds is 3. The van der Waals surface area contributed by atoms with Crippen molar-refractivity contribution in [3.63, 3.8) is 0 Å². The Kier molecular flexibility index (Phi) is 4.27. The third kappa shape index (κ3) is 3.25. The molecule has 0 saturated carbocycles. The summed E-state index contributed by atoms with van der Waals surface area (Å²) in [5.74, 6) is 0.594. The van der Waals surface area contributed by atoms with Crippen LogP contribution in [0.25, 0.3) is 0 Å². The molecule has 0 aliphatic heterocycles. The zero-order valence-corrected chi connectivity index (χ0v) is 11.8. The Labute approximate surface area is 120 Å². The van der Waals surface area contributed by atoms with Gasteiger partial charge in [0.15, 0.2) is 5.82 Å². The van der Waals surface area contributed by atoms with Crippen LogP contribution in [0.15, 0.2) is 30.5 Å². The molecule has 6 heteroatoms.